The van der Waals surface area contributed by atoms with Gasteiger partial charge in [-0.25, -0.2) is 14.8 Å². The summed E-state index contributed by atoms with van der Waals surface area (Å²) >= 11 is 0. The molecule has 0 radical (unpaired) electrons. The van der Waals surface area contributed by atoms with Gasteiger partial charge in [0.1, 0.15) is 6.04 Å². The number of hydrogen-bond donors (Lipinski definition) is 2. The smallest absolute Gasteiger partial charge is 0.326 e. The molecule has 16 heavy (non-hydrogen) atoms. The largest absolute Gasteiger partial charge is 0.480 e. The third-order valence-corrected chi connectivity index (χ3v) is 1.99. The first kappa shape index (κ1) is 12.1. The number of hydrogen-bond acceptors (Lipinski definition) is 4. The summed E-state index contributed by atoms with van der Waals surface area (Å²) in [6.07, 6.45) is 2.85. The van der Waals surface area contributed by atoms with E-state index >= 15 is 0 Å². The van der Waals surface area contributed by atoms with Crippen LogP contribution < -0.4 is 5.32 Å². The first-order valence-electron chi connectivity index (χ1n) is 4.83. The monoisotopic (exact) mass is 223 g/mol. The normalized spacial score (nSPS) is 12.2. The first-order chi connectivity index (χ1) is 7.52. The number of nitrogens with zero attached hydrogens (tertiary/aromatic N) is 2. The van der Waals surface area contributed by atoms with Gasteiger partial charge in [-0.15, -0.1) is 0 Å². The van der Waals surface area contributed by atoms with Gasteiger partial charge in [-0.2, -0.15) is 0 Å². The third-order valence-electron chi connectivity index (χ3n) is 1.99. The van der Waals surface area contributed by atoms with Gasteiger partial charge in [0.05, 0.1) is 0 Å². The number of rotatable bonds is 4. The lowest BCUT2D eigenvalue weighted by Gasteiger charge is -2.16. The van der Waals surface area contributed by atoms with Gasteiger partial charge in [0.25, 0.3) is 5.91 Å². The molecule has 1 aromatic rings. The molecule has 6 nitrogen and oxygen atoms in total. The SMILES string of the molecule is CC(C)C(NC(=O)c1ncccn1)C(=O)O. The van der Waals surface area contributed by atoms with Gasteiger partial charge in [-0.05, 0) is 12.0 Å². The molecule has 1 heterocycles. The molecule has 0 aliphatic rings. The lowest BCUT2D eigenvalue weighted by molar-refractivity contribution is -0.140. The summed E-state index contributed by atoms with van der Waals surface area (Å²) in [7, 11) is 0. The van der Waals surface area contributed by atoms with Gasteiger partial charge in [-0.3, -0.25) is 4.79 Å². The van der Waals surface area contributed by atoms with E-state index in [-0.39, 0.29) is 11.7 Å². The Morgan fingerprint density at radius 1 is 1.31 bits per heavy atom. The first-order valence-corrected chi connectivity index (χ1v) is 4.83. The zero-order valence-electron chi connectivity index (χ0n) is 9.04. The van der Waals surface area contributed by atoms with Gasteiger partial charge in [0, 0.05) is 12.4 Å². The number of carbonyl (C=O) groups is 2. The Kier molecular flexibility index (Phi) is 3.93. The number of carbonyl (C=O) groups excluding carboxylic acids is 1. The molecule has 0 saturated carbocycles. The fraction of sp³-hybridized carbons (Fsp3) is 0.400. The minimum atomic E-state index is -1.07. The molecule has 6 heteroatoms. The molecule has 0 saturated heterocycles. The Hall–Kier alpha value is -1.98. The maximum absolute atomic E-state index is 11.6. The summed E-state index contributed by atoms with van der Waals surface area (Å²) < 4.78 is 0. The second kappa shape index (κ2) is 5.20. The second-order valence-electron chi connectivity index (χ2n) is 3.61. The molecular formula is C10H13N3O3. The molecule has 0 aromatic carbocycles. The number of amides is 1. The van der Waals surface area contributed by atoms with Crippen LogP contribution in [0.3, 0.4) is 0 Å². The minimum absolute atomic E-state index is 0.0330. The molecule has 0 aliphatic heterocycles. The van der Waals surface area contributed by atoms with Crippen LogP contribution in [0.2, 0.25) is 0 Å². The summed E-state index contributed by atoms with van der Waals surface area (Å²) in [4.78, 5) is 29.9. The van der Waals surface area contributed by atoms with Crippen molar-refractivity contribution in [2.45, 2.75) is 19.9 Å². The summed E-state index contributed by atoms with van der Waals surface area (Å²) in [5.41, 5.74) is 0. The average Bonchev–Trinajstić information content (AvgIpc) is 2.25. The van der Waals surface area contributed by atoms with E-state index in [1.54, 1.807) is 19.9 Å². The zero-order valence-corrected chi connectivity index (χ0v) is 9.04. The quantitative estimate of drug-likeness (QED) is 0.766. The molecule has 0 aliphatic carbocycles. The summed E-state index contributed by atoms with van der Waals surface area (Å²) in [5.74, 6) is -1.89. The van der Waals surface area contributed by atoms with E-state index in [9.17, 15) is 9.59 Å². The summed E-state index contributed by atoms with van der Waals surface area (Å²) in [6.45, 7) is 3.43. The molecule has 1 rings (SSSR count). The van der Waals surface area contributed by atoms with Crippen molar-refractivity contribution < 1.29 is 14.7 Å². The number of aliphatic carboxylic acids is 1. The maximum atomic E-state index is 11.6. The predicted octanol–water partition coefficient (Wildman–Crippen LogP) is 0.316. The Morgan fingerprint density at radius 3 is 2.31 bits per heavy atom. The minimum Gasteiger partial charge on any atom is -0.480 e. The lowest BCUT2D eigenvalue weighted by atomic mass is 10.0. The highest BCUT2D eigenvalue weighted by molar-refractivity contribution is 5.93. The van der Waals surface area contributed by atoms with Gasteiger partial charge in [0.15, 0.2) is 0 Å². The van der Waals surface area contributed by atoms with Crippen molar-refractivity contribution in [3.05, 3.63) is 24.3 Å². The van der Waals surface area contributed by atoms with Crippen molar-refractivity contribution in [1.82, 2.24) is 15.3 Å². The molecule has 0 bridgehead atoms. The summed E-state index contributed by atoms with van der Waals surface area (Å²) in [5, 5.41) is 11.3. The van der Waals surface area contributed by atoms with Gasteiger partial charge in [0.2, 0.25) is 5.82 Å². The molecule has 1 unspecified atom stereocenters. The molecule has 0 spiro atoms. The van der Waals surface area contributed by atoms with Crippen LogP contribution >= 0.6 is 0 Å². The van der Waals surface area contributed by atoms with Crippen LogP contribution in [0.25, 0.3) is 0 Å². The van der Waals surface area contributed by atoms with Crippen LogP contribution in [0.5, 0.6) is 0 Å². The van der Waals surface area contributed by atoms with Crippen molar-refractivity contribution >= 4 is 11.9 Å². The van der Waals surface area contributed by atoms with Crippen LogP contribution in [0.1, 0.15) is 24.5 Å². The van der Waals surface area contributed by atoms with Crippen molar-refractivity contribution in [2.75, 3.05) is 0 Å². The fourth-order valence-corrected chi connectivity index (χ4v) is 1.14. The van der Waals surface area contributed by atoms with E-state index in [4.69, 9.17) is 5.11 Å². The van der Waals surface area contributed by atoms with Gasteiger partial charge >= 0.3 is 5.97 Å². The highest BCUT2D eigenvalue weighted by Gasteiger charge is 2.24. The molecule has 0 fully saturated rings. The van der Waals surface area contributed by atoms with E-state index < -0.39 is 17.9 Å². The van der Waals surface area contributed by atoms with Crippen molar-refractivity contribution in [3.8, 4) is 0 Å². The highest BCUT2D eigenvalue weighted by Crippen LogP contribution is 2.02. The van der Waals surface area contributed by atoms with E-state index in [0.29, 0.717) is 0 Å². The number of nitrogens with one attached hydrogen (secondary N) is 1. The van der Waals surface area contributed by atoms with Gasteiger partial charge < -0.3 is 10.4 Å². The second-order valence-corrected chi connectivity index (χ2v) is 3.61. The number of aromatic nitrogens is 2. The predicted molar refractivity (Wildman–Crippen MR) is 55.8 cm³/mol. The molecule has 86 valence electrons. The molecule has 1 amide bonds. The van der Waals surface area contributed by atoms with Crippen molar-refractivity contribution in [3.63, 3.8) is 0 Å². The van der Waals surface area contributed by atoms with Crippen LogP contribution in [0, 0.1) is 5.92 Å². The number of carboxylic acids is 1. The molecule has 1 atom stereocenters. The topological polar surface area (TPSA) is 92.2 Å². The van der Waals surface area contributed by atoms with Crippen molar-refractivity contribution in [2.24, 2.45) is 5.92 Å². The average molecular weight is 223 g/mol. The Labute approximate surface area is 92.7 Å². The lowest BCUT2D eigenvalue weighted by Crippen LogP contribution is -2.44. The Morgan fingerprint density at radius 2 is 1.88 bits per heavy atom. The van der Waals surface area contributed by atoms with Gasteiger partial charge in [-0.1, -0.05) is 13.8 Å². The Balaban J connectivity index is 2.74. The van der Waals surface area contributed by atoms with E-state index in [2.05, 4.69) is 15.3 Å². The zero-order chi connectivity index (χ0) is 12.1. The van der Waals surface area contributed by atoms with E-state index in [1.807, 2.05) is 0 Å². The maximum Gasteiger partial charge on any atom is 0.326 e. The Bertz CT molecular complexity index is 378. The van der Waals surface area contributed by atoms with Crippen LogP contribution in [-0.4, -0.2) is 33.0 Å². The highest BCUT2D eigenvalue weighted by atomic mass is 16.4. The van der Waals surface area contributed by atoms with Crippen molar-refractivity contribution in [1.29, 1.82) is 0 Å². The molecule has 2 N–H and O–H groups in total. The third kappa shape index (κ3) is 3.01. The standard InChI is InChI=1S/C10H13N3O3/c1-6(2)7(10(15)16)13-9(14)8-11-4-3-5-12-8/h3-7H,1-2H3,(H,13,14)(H,15,16). The van der Waals surface area contributed by atoms with Crippen LogP contribution in [-0.2, 0) is 4.79 Å². The number of carboxylic acid groups (broad SMARTS) is 1. The van der Waals surface area contributed by atoms with Crippen LogP contribution in [0.4, 0.5) is 0 Å². The molecule has 1 aromatic heterocycles. The van der Waals surface area contributed by atoms with E-state index in [0.717, 1.165) is 0 Å². The van der Waals surface area contributed by atoms with Crippen LogP contribution in [0.15, 0.2) is 18.5 Å². The fourth-order valence-electron chi connectivity index (χ4n) is 1.14. The van der Waals surface area contributed by atoms with E-state index in [1.165, 1.54) is 12.4 Å². The molecular weight excluding hydrogens is 210 g/mol. The summed E-state index contributed by atoms with van der Waals surface area (Å²) in [6, 6.07) is 0.643.